The van der Waals surface area contributed by atoms with Crippen molar-refractivity contribution >= 4 is 23.2 Å². The molecular formula is C29H30F3N7O. The van der Waals surface area contributed by atoms with Gasteiger partial charge in [-0.1, -0.05) is 24.3 Å². The zero-order valence-corrected chi connectivity index (χ0v) is 22.1. The quantitative estimate of drug-likeness (QED) is 0.316. The molecule has 3 aliphatic rings. The maximum Gasteiger partial charge on any atom is 0.416 e. The summed E-state index contributed by atoms with van der Waals surface area (Å²) in [7, 11) is 0. The van der Waals surface area contributed by atoms with Crippen LogP contribution in [0.25, 0.3) is 11.3 Å². The highest BCUT2D eigenvalue weighted by Crippen LogP contribution is 2.41. The fourth-order valence-corrected chi connectivity index (χ4v) is 5.34. The summed E-state index contributed by atoms with van der Waals surface area (Å²) < 4.78 is 39.9. The minimum Gasteiger partial charge on any atom is -0.366 e. The van der Waals surface area contributed by atoms with Crippen LogP contribution >= 0.6 is 0 Å². The van der Waals surface area contributed by atoms with Crippen LogP contribution in [0.2, 0.25) is 0 Å². The van der Waals surface area contributed by atoms with Gasteiger partial charge < -0.3 is 15.5 Å². The molecule has 3 aliphatic heterocycles. The summed E-state index contributed by atoms with van der Waals surface area (Å²) in [5.74, 6) is 0.461. The number of carbonyl (C=O) groups is 1. The van der Waals surface area contributed by atoms with Crippen LogP contribution in [0.3, 0.4) is 0 Å². The molecule has 2 bridgehead atoms. The van der Waals surface area contributed by atoms with Crippen LogP contribution < -0.4 is 20.4 Å². The largest absolute Gasteiger partial charge is 0.416 e. The molecule has 1 aromatic heterocycles. The Morgan fingerprint density at radius 1 is 1.10 bits per heavy atom. The highest BCUT2D eigenvalue weighted by Gasteiger charge is 2.40. The Bertz CT molecular complexity index is 1430. The number of nitrogens with one attached hydrogen (secondary N) is 2. The highest BCUT2D eigenvalue weighted by molar-refractivity contribution is 6.04. The molecule has 11 heteroatoms. The first kappa shape index (κ1) is 26.2. The second-order valence-corrected chi connectivity index (χ2v) is 10.7. The summed E-state index contributed by atoms with van der Waals surface area (Å²) in [6, 6.07) is 16.0. The smallest absolute Gasteiger partial charge is 0.366 e. The van der Waals surface area contributed by atoms with Crippen molar-refractivity contribution in [3.05, 3.63) is 71.8 Å². The summed E-state index contributed by atoms with van der Waals surface area (Å²) >= 11 is 0. The van der Waals surface area contributed by atoms with Gasteiger partial charge in [0.25, 0.3) is 0 Å². The number of aromatic nitrogens is 1. The van der Waals surface area contributed by atoms with Crippen LogP contribution in [0.1, 0.15) is 37.3 Å². The van der Waals surface area contributed by atoms with E-state index < -0.39 is 11.7 Å². The molecule has 0 saturated carbocycles. The topological polar surface area (TPSA) is 85.2 Å². The third kappa shape index (κ3) is 5.51. The van der Waals surface area contributed by atoms with Crippen molar-refractivity contribution in [2.45, 2.75) is 50.6 Å². The minimum absolute atomic E-state index is 0.0706. The molecule has 4 heterocycles. The normalized spacial score (nSPS) is 18.6. The van der Waals surface area contributed by atoms with Crippen LogP contribution in [0.4, 0.5) is 35.2 Å². The monoisotopic (exact) mass is 549 g/mol. The number of rotatable bonds is 8. The van der Waals surface area contributed by atoms with Crippen molar-refractivity contribution in [2.24, 2.45) is 10.2 Å². The first-order valence-electron chi connectivity index (χ1n) is 13.5. The number of nitrogens with zero attached hydrogens (tertiary/aromatic N) is 5. The van der Waals surface area contributed by atoms with Gasteiger partial charge in [0.1, 0.15) is 0 Å². The Morgan fingerprint density at radius 3 is 2.65 bits per heavy atom. The summed E-state index contributed by atoms with van der Waals surface area (Å²) in [4.78, 5) is 22.1. The lowest BCUT2D eigenvalue weighted by atomic mass is 10.1. The van der Waals surface area contributed by atoms with E-state index in [2.05, 4.69) is 25.8 Å². The van der Waals surface area contributed by atoms with E-state index in [9.17, 15) is 18.0 Å². The van der Waals surface area contributed by atoms with Crippen LogP contribution in [-0.2, 0) is 12.7 Å². The van der Waals surface area contributed by atoms with Gasteiger partial charge >= 0.3 is 12.2 Å². The second-order valence-electron chi connectivity index (χ2n) is 10.7. The Morgan fingerprint density at radius 2 is 1.90 bits per heavy atom. The predicted molar refractivity (Wildman–Crippen MR) is 147 cm³/mol. The molecule has 0 aliphatic carbocycles. The molecule has 0 unspecified atom stereocenters. The molecule has 1 saturated heterocycles. The van der Waals surface area contributed by atoms with Crippen molar-refractivity contribution in [2.75, 3.05) is 34.8 Å². The third-order valence-electron chi connectivity index (χ3n) is 7.64. The first-order chi connectivity index (χ1) is 19.2. The number of benzene rings is 2. The first-order valence-corrected chi connectivity index (χ1v) is 13.5. The summed E-state index contributed by atoms with van der Waals surface area (Å²) in [5, 5.41) is 14.5. The lowest BCUT2D eigenvalue weighted by Crippen LogP contribution is -2.48. The van der Waals surface area contributed by atoms with Gasteiger partial charge in [-0.25, -0.2) is 9.78 Å². The van der Waals surface area contributed by atoms with Crippen molar-refractivity contribution < 1.29 is 18.0 Å². The average Bonchev–Trinajstić information content (AvgIpc) is 3.53. The van der Waals surface area contributed by atoms with Gasteiger partial charge in [0.2, 0.25) is 0 Å². The lowest BCUT2D eigenvalue weighted by Gasteiger charge is -2.36. The fourth-order valence-electron chi connectivity index (χ4n) is 5.34. The summed E-state index contributed by atoms with van der Waals surface area (Å²) in [5.41, 5.74) is 2.41. The van der Waals surface area contributed by atoms with E-state index in [0.29, 0.717) is 29.3 Å². The number of carbonyl (C=O) groups excluding carboxylic acids is 1. The maximum absolute atomic E-state index is 13.5. The number of pyridine rings is 1. The molecule has 8 nitrogen and oxygen atoms in total. The second kappa shape index (κ2) is 10.2. The molecule has 0 spiro atoms. The van der Waals surface area contributed by atoms with Crippen molar-refractivity contribution in [1.82, 2.24) is 10.3 Å². The van der Waals surface area contributed by atoms with E-state index in [1.807, 2.05) is 37.3 Å². The molecule has 2 N–H and O–H groups in total. The fraction of sp³-hybridized carbons (Fsp3) is 0.379. The highest BCUT2D eigenvalue weighted by atomic mass is 19.4. The molecule has 0 radical (unpaired) electrons. The summed E-state index contributed by atoms with van der Waals surface area (Å²) in [6.07, 6.45) is -1.72. The van der Waals surface area contributed by atoms with Crippen LogP contribution in [0.15, 0.2) is 70.9 Å². The number of amides is 2. The Balaban J connectivity index is 1.15. The SMILES string of the molecule is CC1(CCCNCc2ccc(NC(=O)N3c4nc(-c5cccc(C(F)(F)F)c5)ccc4N4CC[C@H]3C4)cc2)N=N1. The van der Waals surface area contributed by atoms with E-state index in [-0.39, 0.29) is 17.7 Å². The molecular weight excluding hydrogens is 519 g/mol. The van der Waals surface area contributed by atoms with Gasteiger partial charge in [0.15, 0.2) is 11.5 Å². The molecule has 1 fully saturated rings. The molecule has 40 heavy (non-hydrogen) atoms. The van der Waals surface area contributed by atoms with E-state index >= 15 is 0 Å². The molecule has 3 aromatic rings. The van der Waals surface area contributed by atoms with Gasteiger partial charge in [-0.3, -0.25) is 4.90 Å². The van der Waals surface area contributed by atoms with Gasteiger partial charge in [-0.2, -0.15) is 23.4 Å². The lowest BCUT2D eigenvalue weighted by molar-refractivity contribution is -0.137. The summed E-state index contributed by atoms with van der Waals surface area (Å²) in [6.45, 7) is 5.10. The average molecular weight is 550 g/mol. The van der Waals surface area contributed by atoms with Gasteiger partial charge in [-0.15, -0.1) is 0 Å². The molecule has 2 amide bonds. The molecule has 1 atom stereocenters. The number of halogens is 3. The number of hydrogen-bond acceptors (Lipinski definition) is 6. The van der Waals surface area contributed by atoms with E-state index in [4.69, 9.17) is 4.98 Å². The Kier molecular flexibility index (Phi) is 6.69. The number of urea groups is 1. The van der Waals surface area contributed by atoms with E-state index in [1.54, 1.807) is 17.0 Å². The van der Waals surface area contributed by atoms with Gasteiger partial charge in [0, 0.05) is 30.9 Å². The van der Waals surface area contributed by atoms with Crippen LogP contribution in [0, 0.1) is 0 Å². The van der Waals surface area contributed by atoms with Gasteiger partial charge in [0.05, 0.1) is 23.0 Å². The molecule has 2 aromatic carbocycles. The maximum atomic E-state index is 13.5. The standard InChI is InChI=1S/C29H30F3N7O/c1-28(36-37-28)13-3-14-33-17-19-6-8-22(9-7-19)34-27(40)39-23-12-15-38(18-23)25-11-10-24(35-26(25)39)20-4-2-5-21(16-20)29(30,31)32/h2,4-11,16,23,33H,3,12-15,17-18H2,1H3,(H,34,40)/t23-/m0/s1. The zero-order valence-electron chi connectivity index (χ0n) is 22.1. The van der Waals surface area contributed by atoms with E-state index in [1.165, 1.54) is 6.07 Å². The number of anilines is 3. The third-order valence-corrected chi connectivity index (χ3v) is 7.64. The van der Waals surface area contributed by atoms with Gasteiger partial charge in [-0.05, 0) is 74.7 Å². The van der Waals surface area contributed by atoms with Crippen molar-refractivity contribution in [1.29, 1.82) is 0 Å². The number of hydrogen-bond donors (Lipinski definition) is 2. The molecule has 208 valence electrons. The number of fused-ring (bicyclic) bond motifs is 4. The van der Waals surface area contributed by atoms with Crippen molar-refractivity contribution in [3.8, 4) is 11.3 Å². The Labute approximate surface area is 230 Å². The predicted octanol–water partition coefficient (Wildman–Crippen LogP) is 6.45. The Hall–Kier alpha value is -3.99. The van der Waals surface area contributed by atoms with Crippen LogP contribution in [0.5, 0.6) is 0 Å². The number of alkyl halides is 3. The van der Waals surface area contributed by atoms with Crippen molar-refractivity contribution in [3.63, 3.8) is 0 Å². The zero-order chi connectivity index (χ0) is 27.9. The van der Waals surface area contributed by atoms with Crippen LogP contribution in [-0.4, -0.2) is 42.4 Å². The molecule has 6 rings (SSSR count). The van der Waals surface area contributed by atoms with E-state index in [0.717, 1.165) is 62.3 Å². The minimum atomic E-state index is -4.45.